The SMILES string of the molecule is CCCCNC(=O)CSc1ncn[nH]1. The number of hydrogen-bond donors (Lipinski definition) is 2. The van der Waals surface area contributed by atoms with Gasteiger partial charge in [-0.15, -0.1) is 0 Å². The van der Waals surface area contributed by atoms with Gasteiger partial charge in [0, 0.05) is 6.54 Å². The summed E-state index contributed by atoms with van der Waals surface area (Å²) in [7, 11) is 0. The van der Waals surface area contributed by atoms with Gasteiger partial charge in [0.05, 0.1) is 5.75 Å². The van der Waals surface area contributed by atoms with E-state index in [9.17, 15) is 4.79 Å². The molecule has 1 heterocycles. The molecule has 0 radical (unpaired) electrons. The number of rotatable bonds is 6. The number of aromatic nitrogens is 3. The van der Waals surface area contributed by atoms with Gasteiger partial charge in [-0.3, -0.25) is 9.89 Å². The van der Waals surface area contributed by atoms with E-state index < -0.39 is 0 Å². The summed E-state index contributed by atoms with van der Waals surface area (Å²) in [6.45, 7) is 2.85. The molecular weight excluding hydrogens is 200 g/mol. The maximum absolute atomic E-state index is 11.2. The predicted molar refractivity (Wildman–Crippen MR) is 55.0 cm³/mol. The number of nitrogens with one attached hydrogen (secondary N) is 2. The van der Waals surface area contributed by atoms with Crippen molar-refractivity contribution in [3.05, 3.63) is 6.33 Å². The highest BCUT2D eigenvalue weighted by atomic mass is 32.2. The number of amides is 1. The second-order valence-corrected chi connectivity index (χ2v) is 3.75. The summed E-state index contributed by atoms with van der Waals surface area (Å²) >= 11 is 1.35. The summed E-state index contributed by atoms with van der Waals surface area (Å²) in [5.41, 5.74) is 0. The molecule has 0 spiro atoms. The number of H-pyrrole nitrogens is 1. The van der Waals surface area contributed by atoms with Crippen LogP contribution >= 0.6 is 11.8 Å². The molecule has 1 amide bonds. The molecule has 0 aliphatic heterocycles. The minimum absolute atomic E-state index is 0.0415. The molecule has 0 saturated carbocycles. The average Bonchev–Trinajstić information content (AvgIpc) is 2.68. The third kappa shape index (κ3) is 4.27. The Kier molecular flexibility index (Phi) is 5.06. The van der Waals surface area contributed by atoms with E-state index in [4.69, 9.17) is 0 Å². The molecule has 1 aromatic rings. The van der Waals surface area contributed by atoms with Crippen LogP contribution in [0.5, 0.6) is 0 Å². The molecule has 0 unspecified atom stereocenters. The summed E-state index contributed by atoms with van der Waals surface area (Å²) in [5, 5.41) is 9.87. The van der Waals surface area contributed by atoms with Gasteiger partial charge >= 0.3 is 0 Å². The molecule has 0 aliphatic rings. The smallest absolute Gasteiger partial charge is 0.230 e. The minimum Gasteiger partial charge on any atom is -0.355 e. The monoisotopic (exact) mass is 214 g/mol. The van der Waals surface area contributed by atoms with Crippen LogP contribution in [0.3, 0.4) is 0 Å². The third-order valence-corrected chi connectivity index (χ3v) is 2.46. The summed E-state index contributed by atoms with van der Waals surface area (Å²) in [5.74, 6) is 0.429. The largest absolute Gasteiger partial charge is 0.355 e. The standard InChI is InChI=1S/C8H14N4OS/c1-2-3-4-9-7(13)5-14-8-10-6-11-12-8/h6H,2-5H2,1H3,(H,9,13)(H,10,11,12). The second kappa shape index (κ2) is 6.42. The van der Waals surface area contributed by atoms with Gasteiger partial charge in [0.15, 0.2) is 5.16 Å². The van der Waals surface area contributed by atoms with Gasteiger partial charge in [-0.2, -0.15) is 5.10 Å². The zero-order valence-electron chi connectivity index (χ0n) is 8.12. The van der Waals surface area contributed by atoms with Crippen molar-refractivity contribution >= 4 is 17.7 Å². The van der Waals surface area contributed by atoms with E-state index in [1.807, 2.05) is 0 Å². The molecule has 0 aromatic carbocycles. The molecule has 0 aliphatic carbocycles. The maximum atomic E-state index is 11.2. The Bertz CT molecular complexity index is 262. The number of hydrogen-bond acceptors (Lipinski definition) is 4. The summed E-state index contributed by atoms with van der Waals surface area (Å²) in [4.78, 5) is 15.1. The van der Waals surface area contributed by atoms with Crippen molar-refractivity contribution in [1.29, 1.82) is 0 Å². The van der Waals surface area contributed by atoms with Crippen LogP contribution in [0.1, 0.15) is 19.8 Å². The highest BCUT2D eigenvalue weighted by molar-refractivity contribution is 7.99. The van der Waals surface area contributed by atoms with E-state index in [0.717, 1.165) is 19.4 Å². The molecule has 1 aromatic heterocycles. The molecular formula is C8H14N4OS. The molecule has 0 atom stereocenters. The van der Waals surface area contributed by atoms with Crippen LogP contribution in [-0.4, -0.2) is 33.4 Å². The fourth-order valence-corrected chi connectivity index (χ4v) is 1.46. The lowest BCUT2D eigenvalue weighted by Gasteiger charge is -2.01. The Morgan fingerprint density at radius 3 is 3.21 bits per heavy atom. The van der Waals surface area contributed by atoms with Crippen LogP contribution in [0.15, 0.2) is 11.5 Å². The Labute approximate surface area is 87.1 Å². The normalized spacial score (nSPS) is 10.1. The van der Waals surface area contributed by atoms with Crippen molar-refractivity contribution < 1.29 is 4.79 Å². The lowest BCUT2D eigenvalue weighted by Crippen LogP contribution is -2.26. The van der Waals surface area contributed by atoms with Gasteiger partial charge in [-0.25, -0.2) is 4.98 Å². The van der Waals surface area contributed by atoms with Gasteiger partial charge in [0.2, 0.25) is 5.91 Å². The molecule has 0 fully saturated rings. The fourth-order valence-electron chi connectivity index (χ4n) is 0.853. The van der Waals surface area contributed by atoms with Crippen LogP contribution in [0.4, 0.5) is 0 Å². The predicted octanol–water partition coefficient (Wildman–Crippen LogP) is 0.813. The Hall–Kier alpha value is -1.04. The van der Waals surface area contributed by atoms with Gasteiger partial charge < -0.3 is 5.32 Å². The molecule has 0 saturated heterocycles. The Morgan fingerprint density at radius 1 is 1.71 bits per heavy atom. The fraction of sp³-hybridized carbons (Fsp3) is 0.625. The third-order valence-electron chi connectivity index (χ3n) is 1.59. The van der Waals surface area contributed by atoms with E-state index in [2.05, 4.69) is 27.4 Å². The first-order chi connectivity index (χ1) is 6.83. The van der Waals surface area contributed by atoms with Gasteiger partial charge in [-0.05, 0) is 6.42 Å². The first kappa shape index (κ1) is 11.0. The highest BCUT2D eigenvalue weighted by Gasteiger charge is 2.02. The number of thioether (sulfide) groups is 1. The Balaban J connectivity index is 2.09. The molecule has 5 nitrogen and oxygen atoms in total. The summed E-state index contributed by atoms with van der Waals surface area (Å²) in [6, 6.07) is 0. The molecule has 1 rings (SSSR count). The van der Waals surface area contributed by atoms with Crippen molar-refractivity contribution in [2.24, 2.45) is 0 Å². The van der Waals surface area contributed by atoms with E-state index >= 15 is 0 Å². The highest BCUT2D eigenvalue weighted by Crippen LogP contribution is 2.09. The summed E-state index contributed by atoms with van der Waals surface area (Å²) in [6.07, 6.45) is 3.55. The van der Waals surface area contributed by atoms with Gasteiger partial charge in [-0.1, -0.05) is 25.1 Å². The summed E-state index contributed by atoms with van der Waals surface area (Å²) < 4.78 is 0. The molecule has 78 valence electrons. The zero-order valence-corrected chi connectivity index (χ0v) is 8.93. The maximum Gasteiger partial charge on any atom is 0.230 e. The van der Waals surface area contributed by atoms with Crippen molar-refractivity contribution in [3.63, 3.8) is 0 Å². The Morgan fingerprint density at radius 2 is 2.57 bits per heavy atom. The number of nitrogens with zero attached hydrogens (tertiary/aromatic N) is 2. The molecule has 0 bridgehead atoms. The minimum atomic E-state index is 0.0415. The van der Waals surface area contributed by atoms with Crippen LogP contribution < -0.4 is 5.32 Å². The van der Waals surface area contributed by atoms with Gasteiger partial charge in [0.1, 0.15) is 6.33 Å². The van der Waals surface area contributed by atoms with Crippen LogP contribution in [0.25, 0.3) is 0 Å². The van der Waals surface area contributed by atoms with E-state index in [1.54, 1.807) is 0 Å². The van der Waals surface area contributed by atoms with Crippen molar-refractivity contribution in [2.45, 2.75) is 24.9 Å². The van der Waals surface area contributed by atoms with E-state index in [1.165, 1.54) is 18.1 Å². The van der Waals surface area contributed by atoms with E-state index in [-0.39, 0.29) is 5.91 Å². The van der Waals surface area contributed by atoms with Crippen LogP contribution in [-0.2, 0) is 4.79 Å². The van der Waals surface area contributed by atoms with E-state index in [0.29, 0.717) is 10.9 Å². The van der Waals surface area contributed by atoms with Crippen molar-refractivity contribution in [1.82, 2.24) is 20.5 Å². The lowest BCUT2D eigenvalue weighted by atomic mass is 10.3. The molecule has 2 N–H and O–H groups in total. The number of carbonyl (C=O) groups excluding carboxylic acids is 1. The molecule has 6 heteroatoms. The van der Waals surface area contributed by atoms with Gasteiger partial charge in [0.25, 0.3) is 0 Å². The number of unbranched alkanes of at least 4 members (excludes halogenated alkanes) is 1. The topological polar surface area (TPSA) is 70.7 Å². The second-order valence-electron chi connectivity index (χ2n) is 2.78. The number of aromatic amines is 1. The first-order valence-electron chi connectivity index (χ1n) is 4.57. The van der Waals surface area contributed by atoms with Crippen molar-refractivity contribution in [3.8, 4) is 0 Å². The first-order valence-corrected chi connectivity index (χ1v) is 5.56. The van der Waals surface area contributed by atoms with Crippen molar-refractivity contribution in [2.75, 3.05) is 12.3 Å². The lowest BCUT2D eigenvalue weighted by molar-refractivity contribution is -0.118. The average molecular weight is 214 g/mol. The molecule has 14 heavy (non-hydrogen) atoms. The number of carbonyl (C=O) groups is 1. The van der Waals surface area contributed by atoms with Crippen LogP contribution in [0, 0.1) is 0 Å². The quantitative estimate of drug-likeness (QED) is 0.543. The zero-order chi connectivity index (χ0) is 10.2. The van der Waals surface area contributed by atoms with Crippen LogP contribution in [0.2, 0.25) is 0 Å².